The molecule has 0 radical (unpaired) electrons. The summed E-state index contributed by atoms with van der Waals surface area (Å²) in [5, 5.41) is 5.78. The number of rotatable bonds is 9. The van der Waals surface area contributed by atoms with Crippen molar-refractivity contribution in [1.29, 1.82) is 0 Å². The highest BCUT2D eigenvalue weighted by molar-refractivity contribution is 5.96. The molecule has 1 unspecified atom stereocenters. The number of anilines is 1. The number of benzene rings is 1. The van der Waals surface area contributed by atoms with Crippen molar-refractivity contribution < 1.29 is 19.1 Å². The lowest BCUT2D eigenvalue weighted by Crippen LogP contribution is -2.28. The van der Waals surface area contributed by atoms with E-state index in [1.807, 2.05) is 19.9 Å². The normalized spacial score (nSPS) is 11.7. The molecule has 0 aliphatic carbocycles. The van der Waals surface area contributed by atoms with Gasteiger partial charge in [-0.2, -0.15) is 0 Å². The van der Waals surface area contributed by atoms with Crippen LogP contribution in [0.15, 0.2) is 18.2 Å². The molecular formula is C17H26N2O4. The largest absolute Gasteiger partial charge is 0.461 e. The van der Waals surface area contributed by atoms with Crippen molar-refractivity contribution in [2.45, 2.75) is 26.9 Å². The van der Waals surface area contributed by atoms with E-state index in [4.69, 9.17) is 9.47 Å². The zero-order chi connectivity index (χ0) is 17.2. The molecule has 6 heteroatoms. The van der Waals surface area contributed by atoms with E-state index in [9.17, 15) is 9.59 Å². The van der Waals surface area contributed by atoms with Gasteiger partial charge in [0.2, 0.25) is 0 Å². The number of carbonyl (C=O) groups excluding carboxylic acids is 2. The number of amides is 1. The predicted molar refractivity (Wildman–Crippen MR) is 89.4 cm³/mol. The Kier molecular flexibility index (Phi) is 8.11. The van der Waals surface area contributed by atoms with E-state index in [1.54, 1.807) is 26.3 Å². The van der Waals surface area contributed by atoms with Crippen LogP contribution < -0.4 is 10.6 Å². The molecule has 0 fully saturated rings. The second-order valence-electron chi connectivity index (χ2n) is 5.29. The monoisotopic (exact) mass is 322 g/mol. The van der Waals surface area contributed by atoms with Gasteiger partial charge in [0.25, 0.3) is 5.91 Å². The molecule has 0 aliphatic heterocycles. The molecule has 2 N–H and O–H groups in total. The molecule has 1 rings (SSSR count). The van der Waals surface area contributed by atoms with Crippen molar-refractivity contribution >= 4 is 17.6 Å². The van der Waals surface area contributed by atoms with E-state index < -0.39 is 0 Å². The minimum Gasteiger partial charge on any atom is -0.461 e. The topological polar surface area (TPSA) is 76.7 Å². The summed E-state index contributed by atoms with van der Waals surface area (Å²) in [5.41, 5.74) is 1.99. The molecular weight excluding hydrogens is 296 g/mol. The Bertz CT molecular complexity index is 531. The van der Waals surface area contributed by atoms with Gasteiger partial charge in [-0.05, 0) is 18.6 Å². The highest BCUT2D eigenvalue weighted by Gasteiger charge is 2.16. The van der Waals surface area contributed by atoms with Gasteiger partial charge >= 0.3 is 5.97 Å². The number of nitrogens with one attached hydrogen (secondary N) is 2. The van der Waals surface area contributed by atoms with Crippen molar-refractivity contribution in [2.75, 3.05) is 32.6 Å². The Balaban J connectivity index is 2.84. The number of carbonyl (C=O) groups is 2. The fourth-order valence-corrected chi connectivity index (χ4v) is 1.89. The Hall–Kier alpha value is -2.08. The molecule has 0 bridgehead atoms. The van der Waals surface area contributed by atoms with Crippen LogP contribution in [0, 0.1) is 5.92 Å². The molecule has 1 aromatic carbocycles. The van der Waals surface area contributed by atoms with Gasteiger partial charge in [-0.1, -0.05) is 19.9 Å². The summed E-state index contributed by atoms with van der Waals surface area (Å²) in [4.78, 5) is 24.1. The molecule has 128 valence electrons. The molecule has 1 aromatic rings. The summed E-state index contributed by atoms with van der Waals surface area (Å²) in [7, 11) is 3.36. The molecule has 1 amide bonds. The van der Waals surface area contributed by atoms with Crippen LogP contribution in [0.2, 0.25) is 0 Å². The predicted octanol–water partition coefficient (Wildman–Crippen LogP) is 2.19. The number of ether oxygens (including phenoxy) is 2. The van der Waals surface area contributed by atoms with Crippen LogP contribution in [0.5, 0.6) is 0 Å². The van der Waals surface area contributed by atoms with Crippen LogP contribution in [0.3, 0.4) is 0 Å². The molecule has 6 nitrogen and oxygen atoms in total. The summed E-state index contributed by atoms with van der Waals surface area (Å²) in [6.45, 7) is 4.70. The zero-order valence-corrected chi connectivity index (χ0v) is 14.3. The number of hydrogen-bond acceptors (Lipinski definition) is 5. The van der Waals surface area contributed by atoms with Gasteiger partial charge in [-0.3, -0.25) is 9.59 Å². The lowest BCUT2D eigenvalue weighted by Gasteiger charge is -2.14. The van der Waals surface area contributed by atoms with Crippen LogP contribution in [-0.4, -0.2) is 39.2 Å². The first-order chi connectivity index (χ1) is 11.0. The Labute approximate surface area is 137 Å². The fraction of sp³-hybridized carbons (Fsp3) is 0.529. The van der Waals surface area contributed by atoms with E-state index >= 15 is 0 Å². The van der Waals surface area contributed by atoms with E-state index in [1.165, 1.54) is 0 Å². The van der Waals surface area contributed by atoms with Crippen LogP contribution in [-0.2, 0) is 20.9 Å². The van der Waals surface area contributed by atoms with Gasteiger partial charge in [-0.15, -0.1) is 0 Å². The Morgan fingerprint density at radius 2 is 2.04 bits per heavy atom. The van der Waals surface area contributed by atoms with Crippen molar-refractivity contribution in [3.63, 3.8) is 0 Å². The standard InChI is InChI=1S/C17H26N2O4/c1-5-12(2)17(21)23-11-13-6-7-14(18-3)10-15(13)16(20)19-8-9-22-4/h6-7,10,12,18H,5,8-9,11H2,1-4H3,(H,19,20). The van der Waals surface area contributed by atoms with Gasteiger partial charge in [-0.25, -0.2) is 0 Å². The lowest BCUT2D eigenvalue weighted by atomic mass is 10.1. The summed E-state index contributed by atoms with van der Waals surface area (Å²) in [5.74, 6) is -0.616. The first kappa shape index (κ1) is 19.0. The lowest BCUT2D eigenvalue weighted by molar-refractivity contribution is -0.149. The SMILES string of the molecule is CCC(C)C(=O)OCc1ccc(NC)cc1C(=O)NCCOC. The summed E-state index contributed by atoms with van der Waals surface area (Å²) in [6.07, 6.45) is 0.724. The minimum absolute atomic E-state index is 0.0835. The van der Waals surface area contributed by atoms with Gasteiger partial charge in [0.15, 0.2) is 0 Å². The first-order valence-corrected chi connectivity index (χ1v) is 7.77. The second-order valence-corrected chi connectivity index (χ2v) is 5.29. The third-order valence-electron chi connectivity index (χ3n) is 3.62. The van der Waals surface area contributed by atoms with Crippen molar-refractivity contribution in [3.05, 3.63) is 29.3 Å². The first-order valence-electron chi connectivity index (χ1n) is 7.77. The average Bonchev–Trinajstić information content (AvgIpc) is 2.58. The third kappa shape index (κ3) is 5.90. The third-order valence-corrected chi connectivity index (χ3v) is 3.62. The molecule has 0 saturated carbocycles. The van der Waals surface area contributed by atoms with Gasteiger partial charge in [0.05, 0.1) is 12.5 Å². The molecule has 1 atom stereocenters. The van der Waals surface area contributed by atoms with Gasteiger partial charge < -0.3 is 20.1 Å². The highest BCUT2D eigenvalue weighted by atomic mass is 16.5. The van der Waals surface area contributed by atoms with Crippen molar-refractivity contribution in [1.82, 2.24) is 5.32 Å². The minimum atomic E-state index is -0.254. The maximum absolute atomic E-state index is 12.3. The van der Waals surface area contributed by atoms with Crippen LogP contribution in [0.25, 0.3) is 0 Å². The maximum Gasteiger partial charge on any atom is 0.308 e. The van der Waals surface area contributed by atoms with E-state index in [-0.39, 0.29) is 24.4 Å². The molecule has 0 aliphatic rings. The summed E-state index contributed by atoms with van der Waals surface area (Å²) < 4.78 is 10.2. The molecule has 0 aromatic heterocycles. The van der Waals surface area contributed by atoms with Gasteiger partial charge in [0.1, 0.15) is 6.61 Å². The number of esters is 1. The second kappa shape index (κ2) is 9.84. The molecule has 23 heavy (non-hydrogen) atoms. The quantitative estimate of drug-likeness (QED) is 0.538. The molecule has 0 saturated heterocycles. The van der Waals surface area contributed by atoms with Crippen LogP contribution in [0.4, 0.5) is 5.69 Å². The van der Waals surface area contributed by atoms with E-state index in [2.05, 4.69) is 10.6 Å². The molecule has 0 heterocycles. The maximum atomic E-state index is 12.3. The Morgan fingerprint density at radius 3 is 2.65 bits per heavy atom. The number of methoxy groups -OCH3 is 1. The van der Waals surface area contributed by atoms with Crippen molar-refractivity contribution in [3.8, 4) is 0 Å². The summed E-state index contributed by atoms with van der Waals surface area (Å²) >= 11 is 0. The van der Waals surface area contributed by atoms with Crippen molar-refractivity contribution in [2.24, 2.45) is 5.92 Å². The highest BCUT2D eigenvalue weighted by Crippen LogP contribution is 2.17. The average molecular weight is 322 g/mol. The fourth-order valence-electron chi connectivity index (χ4n) is 1.89. The van der Waals surface area contributed by atoms with Gasteiger partial charge in [0, 0.05) is 37.5 Å². The smallest absolute Gasteiger partial charge is 0.308 e. The van der Waals surface area contributed by atoms with E-state index in [0.717, 1.165) is 12.1 Å². The summed E-state index contributed by atoms with van der Waals surface area (Å²) in [6, 6.07) is 5.38. The van der Waals surface area contributed by atoms with E-state index in [0.29, 0.717) is 24.3 Å². The van der Waals surface area contributed by atoms with Crippen LogP contribution >= 0.6 is 0 Å². The zero-order valence-electron chi connectivity index (χ0n) is 14.3. The van der Waals surface area contributed by atoms with Crippen LogP contribution in [0.1, 0.15) is 36.2 Å². The Morgan fingerprint density at radius 1 is 1.30 bits per heavy atom. The molecule has 0 spiro atoms. The number of hydrogen-bond donors (Lipinski definition) is 2.